The highest BCUT2D eigenvalue weighted by molar-refractivity contribution is 6.30. The molecule has 2 aromatic carbocycles. The van der Waals surface area contributed by atoms with Crippen molar-refractivity contribution in [2.24, 2.45) is 0 Å². The molecule has 19 heavy (non-hydrogen) atoms. The second-order valence-corrected chi connectivity index (χ2v) is 5.06. The van der Waals surface area contributed by atoms with E-state index in [1.165, 1.54) is 0 Å². The summed E-state index contributed by atoms with van der Waals surface area (Å²) in [5, 5.41) is 6.79. The lowest BCUT2D eigenvalue weighted by Crippen LogP contribution is -2.36. The van der Waals surface area contributed by atoms with E-state index in [1.54, 1.807) is 0 Å². The highest BCUT2D eigenvalue weighted by atomic mass is 35.5. The largest absolute Gasteiger partial charge is 0.372 e. The summed E-state index contributed by atoms with van der Waals surface area (Å²) in [4.78, 5) is 11.6. The maximum Gasteiger partial charge on any atom is 0.246 e. The summed E-state index contributed by atoms with van der Waals surface area (Å²) in [5.41, 5.74) is 3.95. The fourth-order valence-corrected chi connectivity index (χ4v) is 2.26. The Balaban J connectivity index is 2.00. The Morgan fingerprint density at radius 1 is 1.00 bits per heavy atom. The van der Waals surface area contributed by atoms with Crippen LogP contribution in [0.1, 0.15) is 6.92 Å². The maximum atomic E-state index is 11.6. The van der Waals surface area contributed by atoms with Gasteiger partial charge in [0.1, 0.15) is 6.04 Å². The molecule has 0 aliphatic carbocycles. The number of fused-ring (bicyclic) bond motifs is 1. The molecule has 1 atom stereocenters. The zero-order valence-electron chi connectivity index (χ0n) is 10.4. The van der Waals surface area contributed by atoms with E-state index in [9.17, 15) is 4.79 Å². The lowest BCUT2D eigenvalue weighted by atomic mass is 10.0. The van der Waals surface area contributed by atoms with E-state index in [0.29, 0.717) is 0 Å². The number of nitrogens with one attached hydrogen (secondary N) is 2. The van der Waals surface area contributed by atoms with Crippen molar-refractivity contribution in [3.05, 3.63) is 47.5 Å². The van der Waals surface area contributed by atoms with Crippen molar-refractivity contribution < 1.29 is 4.79 Å². The first kappa shape index (κ1) is 12.1. The number of amides is 1. The van der Waals surface area contributed by atoms with Gasteiger partial charge in [0.25, 0.3) is 0 Å². The number of carbonyl (C=O) groups excluding carboxylic acids is 1. The Bertz CT molecular complexity index is 637. The van der Waals surface area contributed by atoms with Gasteiger partial charge in [0.15, 0.2) is 0 Å². The summed E-state index contributed by atoms with van der Waals surface area (Å²) in [6, 6.07) is 13.4. The number of hydrogen-bond donors (Lipinski definition) is 2. The molecule has 0 bridgehead atoms. The zero-order chi connectivity index (χ0) is 13.4. The predicted molar refractivity (Wildman–Crippen MR) is 78.6 cm³/mol. The number of anilines is 2. The van der Waals surface area contributed by atoms with Crippen molar-refractivity contribution in [2.45, 2.75) is 13.0 Å². The van der Waals surface area contributed by atoms with Gasteiger partial charge in [0.2, 0.25) is 5.91 Å². The van der Waals surface area contributed by atoms with Crippen LogP contribution >= 0.6 is 11.6 Å². The van der Waals surface area contributed by atoms with Gasteiger partial charge in [-0.15, -0.1) is 0 Å². The SMILES string of the molecule is CC1Nc2cc(-c3ccc(Cl)cc3)ccc2NC1=O. The lowest BCUT2D eigenvalue weighted by Gasteiger charge is -2.24. The van der Waals surface area contributed by atoms with Gasteiger partial charge >= 0.3 is 0 Å². The normalized spacial score (nSPS) is 17.4. The van der Waals surface area contributed by atoms with E-state index in [1.807, 2.05) is 49.4 Å². The first-order valence-corrected chi connectivity index (χ1v) is 6.49. The highest BCUT2D eigenvalue weighted by Gasteiger charge is 2.21. The number of rotatable bonds is 1. The highest BCUT2D eigenvalue weighted by Crippen LogP contribution is 2.32. The van der Waals surface area contributed by atoms with Crippen molar-refractivity contribution in [3.63, 3.8) is 0 Å². The number of halogens is 1. The third-order valence-corrected chi connectivity index (χ3v) is 3.47. The molecule has 1 aliphatic heterocycles. The van der Waals surface area contributed by atoms with Crippen LogP contribution in [0.5, 0.6) is 0 Å². The quantitative estimate of drug-likeness (QED) is 0.830. The maximum absolute atomic E-state index is 11.6. The Hall–Kier alpha value is -2.00. The molecule has 0 spiro atoms. The molecule has 1 unspecified atom stereocenters. The lowest BCUT2D eigenvalue weighted by molar-refractivity contribution is -0.116. The molecule has 1 amide bonds. The number of carbonyl (C=O) groups is 1. The van der Waals surface area contributed by atoms with Crippen molar-refractivity contribution in [3.8, 4) is 11.1 Å². The molecule has 2 aromatic rings. The van der Waals surface area contributed by atoms with Crippen LogP contribution in [0.3, 0.4) is 0 Å². The summed E-state index contributed by atoms with van der Waals surface area (Å²) >= 11 is 5.89. The summed E-state index contributed by atoms with van der Waals surface area (Å²) in [6.45, 7) is 1.84. The van der Waals surface area contributed by atoms with Crippen molar-refractivity contribution in [2.75, 3.05) is 10.6 Å². The van der Waals surface area contributed by atoms with E-state index in [4.69, 9.17) is 11.6 Å². The van der Waals surface area contributed by atoms with E-state index >= 15 is 0 Å². The van der Waals surface area contributed by atoms with Crippen LogP contribution in [0.2, 0.25) is 5.02 Å². The van der Waals surface area contributed by atoms with Crippen molar-refractivity contribution in [1.29, 1.82) is 0 Å². The molecular formula is C15H13ClN2O. The fraction of sp³-hybridized carbons (Fsp3) is 0.133. The minimum atomic E-state index is -0.215. The third kappa shape index (κ3) is 2.29. The van der Waals surface area contributed by atoms with E-state index in [-0.39, 0.29) is 11.9 Å². The number of benzene rings is 2. The summed E-state index contributed by atoms with van der Waals surface area (Å²) in [7, 11) is 0. The van der Waals surface area contributed by atoms with Crippen LogP contribution in [-0.4, -0.2) is 11.9 Å². The molecule has 0 radical (unpaired) electrons. The molecule has 1 aliphatic rings. The number of hydrogen-bond acceptors (Lipinski definition) is 2. The van der Waals surface area contributed by atoms with Gasteiger partial charge in [-0.3, -0.25) is 4.79 Å². The molecule has 4 heteroatoms. The Labute approximate surface area is 116 Å². The monoisotopic (exact) mass is 272 g/mol. The summed E-state index contributed by atoms with van der Waals surface area (Å²) in [5.74, 6) is -0.00765. The summed E-state index contributed by atoms with van der Waals surface area (Å²) < 4.78 is 0. The molecular weight excluding hydrogens is 260 g/mol. The Morgan fingerprint density at radius 3 is 2.42 bits per heavy atom. The van der Waals surface area contributed by atoms with E-state index in [2.05, 4.69) is 10.6 Å². The molecule has 0 fully saturated rings. The van der Waals surface area contributed by atoms with Crippen molar-refractivity contribution in [1.82, 2.24) is 0 Å². The minimum Gasteiger partial charge on any atom is -0.372 e. The summed E-state index contributed by atoms with van der Waals surface area (Å²) in [6.07, 6.45) is 0. The van der Waals surface area contributed by atoms with Gasteiger partial charge in [-0.25, -0.2) is 0 Å². The van der Waals surface area contributed by atoms with Crippen LogP contribution in [0, 0.1) is 0 Å². The molecule has 0 saturated heterocycles. The van der Waals surface area contributed by atoms with Gasteiger partial charge in [0, 0.05) is 5.02 Å². The van der Waals surface area contributed by atoms with Crippen LogP contribution in [0.25, 0.3) is 11.1 Å². The molecule has 3 nitrogen and oxygen atoms in total. The molecule has 3 rings (SSSR count). The molecule has 0 saturated carbocycles. The Kier molecular flexibility index (Phi) is 2.91. The smallest absolute Gasteiger partial charge is 0.246 e. The molecule has 96 valence electrons. The van der Waals surface area contributed by atoms with Gasteiger partial charge in [0.05, 0.1) is 11.4 Å². The molecule has 0 aromatic heterocycles. The average molecular weight is 273 g/mol. The third-order valence-electron chi connectivity index (χ3n) is 3.22. The first-order chi connectivity index (χ1) is 9.13. The average Bonchev–Trinajstić information content (AvgIpc) is 2.40. The van der Waals surface area contributed by atoms with Crippen LogP contribution in [0.15, 0.2) is 42.5 Å². The first-order valence-electron chi connectivity index (χ1n) is 6.11. The second kappa shape index (κ2) is 4.59. The van der Waals surface area contributed by atoms with Gasteiger partial charge in [-0.05, 0) is 42.3 Å². The fourth-order valence-electron chi connectivity index (χ4n) is 2.13. The minimum absolute atomic E-state index is 0.00765. The van der Waals surface area contributed by atoms with Crippen LogP contribution in [-0.2, 0) is 4.79 Å². The zero-order valence-corrected chi connectivity index (χ0v) is 11.2. The van der Waals surface area contributed by atoms with E-state index < -0.39 is 0 Å². The second-order valence-electron chi connectivity index (χ2n) is 4.62. The van der Waals surface area contributed by atoms with Gasteiger partial charge < -0.3 is 10.6 Å². The topological polar surface area (TPSA) is 41.1 Å². The van der Waals surface area contributed by atoms with Gasteiger partial charge in [-0.2, -0.15) is 0 Å². The predicted octanol–water partition coefficient (Wildman–Crippen LogP) is 3.76. The van der Waals surface area contributed by atoms with Crippen LogP contribution < -0.4 is 10.6 Å². The Morgan fingerprint density at radius 2 is 1.68 bits per heavy atom. The van der Waals surface area contributed by atoms with Crippen molar-refractivity contribution >= 4 is 28.9 Å². The van der Waals surface area contributed by atoms with Crippen LogP contribution in [0.4, 0.5) is 11.4 Å². The molecule has 1 heterocycles. The van der Waals surface area contributed by atoms with Gasteiger partial charge in [-0.1, -0.05) is 29.8 Å². The molecule has 2 N–H and O–H groups in total. The standard InChI is InChI=1S/C15H13ClN2O/c1-9-15(19)18-13-7-4-11(8-14(13)17-9)10-2-5-12(16)6-3-10/h2-9,17H,1H3,(H,18,19). The van der Waals surface area contributed by atoms with E-state index in [0.717, 1.165) is 27.5 Å².